The van der Waals surface area contributed by atoms with Crippen LogP contribution < -0.4 is 10.6 Å². The Morgan fingerprint density at radius 1 is 1.44 bits per heavy atom. The fourth-order valence-corrected chi connectivity index (χ4v) is 2.95. The minimum atomic E-state index is 0.129. The molecule has 0 aromatic heterocycles. The maximum atomic E-state index is 11.7. The smallest absolute Gasteiger partial charge is 0.222 e. The van der Waals surface area contributed by atoms with E-state index in [4.69, 9.17) is 4.74 Å². The van der Waals surface area contributed by atoms with Crippen LogP contribution in [0.25, 0.3) is 0 Å². The first-order valence-electron chi connectivity index (χ1n) is 6.88. The maximum absolute atomic E-state index is 11.7. The molecule has 1 amide bonds. The number of piperidine rings is 1. The van der Waals surface area contributed by atoms with Crippen LogP contribution in [0.2, 0.25) is 0 Å². The van der Waals surface area contributed by atoms with Crippen molar-refractivity contribution in [2.45, 2.75) is 43.0 Å². The van der Waals surface area contributed by atoms with Crippen LogP contribution in [0.15, 0.2) is 0 Å². The van der Waals surface area contributed by atoms with Gasteiger partial charge in [0.15, 0.2) is 0 Å². The quantitative estimate of drug-likeness (QED) is 0.730. The first kappa shape index (κ1) is 14.2. The number of ether oxygens (including phenoxy) is 1. The number of hydrogen-bond acceptors (Lipinski definition) is 4. The number of amides is 1. The third kappa shape index (κ3) is 4.44. The molecule has 5 heteroatoms. The molecule has 0 radical (unpaired) electrons. The maximum Gasteiger partial charge on any atom is 0.222 e. The van der Waals surface area contributed by atoms with E-state index in [1.165, 1.54) is 12.8 Å². The zero-order chi connectivity index (χ0) is 12.8. The monoisotopic (exact) mass is 272 g/mol. The van der Waals surface area contributed by atoms with Crippen LogP contribution in [-0.4, -0.2) is 49.3 Å². The molecule has 4 nitrogen and oxygen atoms in total. The topological polar surface area (TPSA) is 50.4 Å². The van der Waals surface area contributed by atoms with Gasteiger partial charge in [0.25, 0.3) is 0 Å². The first-order valence-corrected chi connectivity index (χ1v) is 8.11. The van der Waals surface area contributed by atoms with Gasteiger partial charge in [-0.3, -0.25) is 4.79 Å². The van der Waals surface area contributed by atoms with Crippen molar-refractivity contribution in [2.24, 2.45) is 0 Å². The summed E-state index contributed by atoms with van der Waals surface area (Å²) in [6.07, 6.45) is 7.57. The van der Waals surface area contributed by atoms with Crippen LogP contribution in [0.1, 0.15) is 32.1 Å². The van der Waals surface area contributed by atoms with Crippen LogP contribution in [0, 0.1) is 0 Å². The average molecular weight is 272 g/mol. The minimum Gasteiger partial charge on any atom is -0.378 e. The van der Waals surface area contributed by atoms with Gasteiger partial charge in [0.05, 0.1) is 12.7 Å². The van der Waals surface area contributed by atoms with E-state index in [1.54, 1.807) is 0 Å². The van der Waals surface area contributed by atoms with Crippen LogP contribution in [-0.2, 0) is 9.53 Å². The highest BCUT2D eigenvalue weighted by Gasteiger charge is 2.41. The van der Waals surface area contributed by atoms with Crippen LogP contribution in [0.4, 0.5) is 0 Å². The molecule has 0 atom stereocenters. The van der Waals surface area contributed by atoms with Gasteiger partial charge < -0.3 is 15.4 Å². The standard InChI is InChI=1S/C13H24N2O2S/c1-18-13(5-6-13)10-15-12(16)4-9-17-11-2-7-14-8-3-11/h11,14H,2-10H2,1H3,(H,15,16). The largest absolute Gasteiger partial charge is 0.378 e. The first-order chi connectivity index (χ1) is 8.74. The molecule has 0 aromatic rings. The van der Waals surface area contributed by atoms with Gasteiger partial charge in [0.2, 0.25) is 5.91 Å². The van der Waals surface area contributed by atoms with E-state index in [0.29, 0.717) is 23.9 Å². The number of hydrogen-bond donors (Lipinski definition) is 2. The van der Waals surface area contributed by atoms with Crippen molar-refractivity contribution < 1.29 is 9.53 Å². The third-order valence-corrected chi connectivity index (χ3v) is 5.24. The number of thioether (sulfide) groups is 1. The van der Waals surface area contributed by atoms with Crippen molar-refractivity contribution in [1.29, 1.82) is 0 Å². The Morgan fingerprint density at radius 3 is 2.78 bits per heavy atom. The summed E-state index contributed by atoms with van der Waals surface area (Å²) in [6.45, 7) is 3.45. The molecule has 0 unspecified atom stereocenters. The third-order valence-electron chi connectivity index (χ3n) is 3.82. The fraction of sp³-hybridized carbons (Fsp3) is 0.923. The fourth-order valence-electron chi connectivity index (χ4n) is 2.22. The summed E-state index contributed by atoms with van der Waals surface area (Å²) in [4.78, 5) is 11.7. The number of nitrogens with one attached hydrogen (secondary N) is 2. The van der Waals surface area contributed by atoms with Crippen LogP contribution in [0.3, 0.4) is 0 Å². The Labute approximate surface area is 114 Å². The second-order valence-corrected chi connectivity index (χ2v) is 6.51. The van der Waals surface area contributed by atoms with E-state index >= 15 is 0 Å². The Kier molecular flexibility index (Phi) is 5.33. The SMILES string of the molecule is CSC1(CNC(=O)CCOC2CCNCC2)CC1. The molecular formula is C13H24N2O2S. The highest BCUT2D eigenvalue weighted by Crippen LogP contribution is 2.46. The molecule has 2 aliphatic rings. The van der Waals surface area contributed by atoms with Gasteiger partial charge in [0, 0.05) is 17.7 Å². The molecule has 0 spiro atoms. The molecular weight excluding hydrogens is 248 g/mol. The Bertz CT molecular complexity index is 276. The summed E-state index contributed by atoms with van der Waals surface area (Å²) < 4.78 is 6.07. The molecule has 2 fully saturated rings. The zero-order valence-electron chi connectivity index (χ0n) is 11.2. The van der Waals surface area contributed by atoms with Gasteiger partial charge in [-0.15, -0.1) is 0 Å². The molecule has 0 bridgehead atoms. The molecule has 2 rings (SSSR count). The van der Waals surface area contributed by atoms with Crippen molar-refractivity contribution in [1.82, 2.24) is 10.6 Å². The summed E-state index contributed by atoms with van der Waals surface area (Å²) in [5.41, 5.74) is 0. The number of carbonyl (C=O) groups excluding carboxylic acids is 1. The Balaban J connectivity index is 1.51. The molecule has 104 valence electrons. The van der Waals surface area contributed by atoms with E-state index < -0.39 is 0 Å². The normalized spacial score (nSPS) is 22.7. The van der Waals surface area contributed by atoms with E-state index in [2.05, 4.69) is 16.9 Å². The van der Waals surface area contributed by atoms with Crippen molar-refractivity contribution in [3.8, 4) is 0 Å². The minimum absolute atomic E-state index is 0.129. The molecule has 1 saturated heterocycles. The molecule has 1 aliphatic carbocycles. The van der Waals surface area contributed by atoms with Crippen molar-refractivity contribution >= 4 is 17.7 Å². The lowest BCUT2D eigenvalue weighted by molar-refractivity contribution is -0.122. The van der Waals surface area contributed by atoms with Crippen molar-refractivity contribution in [3.05, 3.63) is 0 Å². The Hall–Kier alpha value is -0.260. The molecule has 0 aromatic carbocycles. The van der Waals surface area contributed by atoms with Gasteiger partial charge in [-0.2, -0.15) is 11.8 Å². The van der Waals surface area contributed by atoms with Gasteiger partial charge in [-0.1, -0.05) is 0 Å². The summed E-state index contributed by atoms with van der Waals surface area (Å²) >= 11 is 1.87. The lowest BCUT2D eigenvalue weighted by atomic mass is 10.1. The predicted molar refractivity (Wildman–Crippen MR) is 75.0 cm³/mol. The van der Waals surface area contributed by atoms with Gasteiger partial charge >= 0.3 is 0 Å². The molecule has 1 aliphatic heterocycles. The summed E-state index contributed by atoms with van der Waals surface area (Å²) in [7, 11) is 0. The van der Waals surface area contributed by atoms with Gasteiger partial charge in [0.1, 0.15) is 0 Å². The van der Waals surface area contributed by atoms with Crippen molar-refractivity contribution in [3.63, 3.8) is 0 Å². The van der Waals surface area contributed by atoms with E-state index in [-0.39, 0.29) is 5.91 Å². The molecule has 2 N–H and O–H groups in total. The average Bonchev–Trinajstić information content (AvgIpc) is 3.18. The van der Waals surface area contributed by atoms with Crippen LogP contribution in [0.5, 0.6) is 0 Å². The highest BCUT2D eigenvalue weighted by atomic mass is 32.2. The van der Waals surface area contributed by atoms with E-state index in [1.807, 2.05) is 11.8 Å². The second-order valence-electron chi connectivity index (χ2n) is 5.23. The highest BCUT2D eigenvalue weighted by molar-refractivity contribution is 8.00. The van der Waals surface area contributed by atoms with Gasteiger partial charge in [-0.05, 0) is 45.0 Å². The Morgan fingerprint density at radius 2 is 2.17 bits per heavy atom. The van der Waals surface area contributed by atoms with E-state index in [0.717, 1.165) is 32.5 Å². The zero-order valence-corrected chi connectivity index (χ0v) is 12.0. The van der Waals surface area contributed by atoms with Crippen molar-refractivity contribution in [2.75, 3.05) is 32.5 Å². The molecule has 1 heterocycles. The number of rotatable bonds is 7. The molecule has 18 heavy (non-hydrogen) atoms. The summed E-state index contributed by atoms with van der Waals surface area (Å²) in [5.74, 6) is 0.129. The molecule has 1 saturated carbocycles. The second kappa shape index (κ2) is 6.78. The predicted octanol–water partition coefficient (Wildman–Crippen LogP) is 1.16. The lowest BCUT2D eigenvalue weighted by Crippen LogP contribution is -2.34. The number of carbonyl (C=O) groups is 1. The van der Waals surface area contributed by atoms with Crippen LogP contribution >= 0.6 is 11.8 Å². The lowest BCUT2D eigenvalue weighted by Gasteiger charge is -2.22. The summed E-state index contributed by atoms with van der Waals surface area (Å²) in [6, 6.07) is 0. The summed E-state index contributed by atoms with van der Waals surface area (Å²) in [5, 5.41) is 6.32. The van der Waals surface area contributed by atoms with E-state index in [9.17, 15) is 4.79 Å². The van der Waals surface area contributed by atoms with Gasteiger partial charge in [-0.25, -0.2) is 0 Å².